The Morgan fingerprint density at radius 3 is 2.66 bits per heavy atom. The molecule has 2 amide bonds. The number of amides is 2. The summed E-state index contributed by atoms with van der Waals surface area (Å²) in [7, 11) is 0. The lowest BCUT2D eigenvalue weighted by Crippen LogP contribution is -2.27. The molecule has 2 aromatic carbocycles. The van der Waals surface area contributed by atoms with Crippen LogP contribution in [0.15, 0.2) is 48.5 Å². The Hall–Kier alpha value is -3.19. The second-order valence-electron chi connectivity index (χ2n) is 6.46. The highest BCUT2D eigenvalue weighted by atomic mass is 35.5. The molecule has 6 nitrogen and oxygen atoms in total. The molecule has 2 aromatic rings. The van der Waals surface area contributed by atoms with Gasteiger partial charge in [0.15, 0.2) is 6.61 Å². The molecule has 8 heteroatoms. The number of rotatable bonds is 7. The van der Waals surface area contributed by atoms with Crippen LogP contribution in [0.2, 0.25) is 5.02 Å². The molecule has 0 unspecified atom stereocenters. The van der Waals surface area contributed by atoms with Crippen molar-refractivity contribution in [2.75, 3.05) is 11.9 Å². The maximum absolute atomic E-state index is 13.1. The number of benzene rings is 2. The maximum atomic E-state index is 13.1. The van der Waals surface area contributed by atoms with E-state index in [-0.39, 0.29) is 17.0 Å². The zero-order valence-electron chi connectivity index (χ0n) is 15.3. The lowest BCUT2D eigenvalue weighted by Gasteiger charge is -2.11. The molecule has 1 aliphatic rings. The number of nitrogens with one attached hydrogen (secondary N) is 2. The number of esters is 1. The minimum atomic E-state index is -0.750. The summed E-state index contributed by atoms with van der Waals surface area (Å²) >= 11 is 5.67. The summed E-state index contributed by atoms with van der Waals surface area (Å²) in [5, 5.41) is 5.36. The van der Waals surface area contributed by atoms with Crippen LogP contribution in [0.5, 0.6) is 0 Å². The summed E-state index contributed by atoms with van der Waals surface area (Å²) in [5.41, 5.74) is 1.18. The van der Waals surface area contributed by atoms with Crippen molar-refractivity contribution < 1.29 is 23.5 Å². The maximum Gasteiger partial charge on any atom is 0.331 e. The molecule has 150 valence electrons. The summed E-state index contributed by atoms with van der Waals surface area (Å²) in [6.45, 7) is -0.522. The topological polar surface area (TPSA) is 84.5 Å². The molecule has 0 aliphatic heterocycles. The molecule has 0 radical (unpaired) electrons. The third-order valence-corrected chi connectivity index (χ3v) is 4.35. The van der Waals surface area contributed by atoms with Gasteiger partial charge in [0.2, 0.25) is 0 Å². The predicted octanol–water partition coefficient (Wildman–Crippen LogP) is 3.57. The molecule has 2 N–H and O–H groups in total. The molecule has 3 rings (SSSR count). The Kier molecular flexibility index (Phi) is 6.61. The van der Waals surface area contributed by atoms with Crippen molar-refractivity contribution in [1.82, 2.24) is 5.32 Å². The number of hydrogen-bond donors (Lipinski definition) is 2. The fourth-order valence-corrected chi connectivity index (χ4v) is 2.62. The first kappa shape index (κ1) is 20.5. The van der Waals surface area contributed by atoms with E-state index in [0.29, 0.717) is 16.8 Å². The fourth-order valence-electron chi connectivity index (χ4n) is 2.43. The smallest absolute Gasteiger partial charge is 0.331 e. The predicted molar refractivity (Wildman–Crippen MR) is 107 cm³/mol. The highest BCUT2D eigenvalue weighted by Crippen LogP contribution is 2.21. The van der Waals surface area contributed by atoms with E-state index in [1.165, 1.54) is 24.3 Å². The molecular weight excluding hydrogens is 399 g/mol. The highest BCUT2D eigenvalue weighted by Gasteiger charge is 2.25. The minimum absolute atomic E-state index is 0.0655. The van der Waals surface area contributed by atoms with Gasteiger partial charge in [-0.3, -0.25) is 9.59 Å². The van der Waals surface area contributed by atoms with Crippen LogP contribution in [-0.2, 0) is 14.3 Å². The van der Waals surface area contributed by atoms with Gasteiger partial charge in [0, 0.05) is 12.1 Å². The van der Waals surface area contributed by atoms with Crippen LogP contribution < -0.4 is 10.6 Å². The third-order valence-electron chi connectivity index (χ3n) is 4.06. The van der Waals surface area contributed by atoms with E-state index in [1.807, 2.05) is 0 Å². The van der Waals surface area contributed by atoms with Crippen LogP contribution in [0.4, 0.5) is 10.1 Å². The van der Waals surface area contributed by atoms with Crippen LogP contribution in [0, 0.1) is 5.82 Å². The van der Waals surface area contributed by atoms with Crippen molar-refractivity contribution in [1.29, 1.82) is 0 Å². The molecule has 0 spiro atoms. The van der Waals surface area contributed by atoms with Crippen molar-refractivity contribution in [3.05, 3.63) is 70.5 Å². The fraction of sp³-hybridized carbons (Fsp3) is 0.190. The number of halogens is 2. The molecule has 0 heterocycles. The first-order valence-corrected chi connectivity index (χ1v) is 9.30. The molecular formula is C21H18ClFN2O4. The summed E-state index contributed by atoms with van der Waals surface area (Å²) < 4.78 is 18.0. The summed E-state index contributed by atoms with van der Waals surface area (Å²) in [6.07, 6.45) is 4.40. The van der Waals surface area contributed by atoms with Gasteiger partial charge in [-0.15, -0.1) is 0 Å². The Morgan fingerprint density at radius 1 is 1.17 bits per heavy atom. The number of hydrogen-bond acceptors (Lipinski definition) is 4. The van der Waals surface area contributed by atoms with E-state index < -0.39 is 24.3 Å². The molecule has 1 aliphatic carbocycles. The number of anilines is 1. The van der Waals surface area contributed by atoms with Crippen molar-refractivity contribution >= 4 is 41.1 Å². The van der Waals surface area contributed by atoms with E-state index in [0.717, 1.165) is 18.9 Å². The number of carbonyl (C=O) groups excluding carboxylic acids is 3. The van der Waals surface area contributed by atoms with E-state index in [2.05, 4.69) is 10.6 Å². The third kappa shape index (κ3) is 6.15. The number of carbonyl (C=O) groups is 3. The molecule has 1 fully saturated rings. The Balaban J connectivity index is 1.52. The van der Waals surface area contributed by atoms with E-state index >= 15 is 0 Å². The number of para-hydroxylation sites is 1. The first-order valence-electron chi connectivity index (χ1n) is 8.92. The average Bonchev–Trinajstić information content (AvgIpc) is 3.51. The van der Waals surface area contributed by atoms with Crippen LogP contribution in [0.25, 0.3) is 6.08 Å². The molecule has 29 heavy (non-hydrogen) atoms. The normalized spacial score (nSPS) is 13.2. The highest BCUT2D eigenvalue weighted by molar-refractivity contribution is 6.30. The molecule has 0 bridgehead atoms. The van der Waals surface area contributed by atoms with Crippen molar-refractivity contribution in [3.8, 4) is 0 Å². The molecule has 0 aromatic heterocycles. The first-order chi connectivity index (χ1) is 13.9. The summed E-state index contributed by atoms with van der Waals surface area (Å²) in [4.78, 5) is 36.1. The largest absolute Gasteiger partial charge is 0.452 e. The second-order valence-corrected chi connectivity index (χ2v) is 6.86. The lowest BCUT2D eigenvalue weighted by atomic mass is 10.1. The SMILES string of the molecule is O=C(COC(=O)/C=C/c1ccc(F)c(Cl)c1)Nc1ccccc1C(=O)NC1CC1. The Labute approximate surface area is 171 Å². The van der Waals surface area contributed by atoms with Gasteiger partial charge in [0.1, 0.15) is 5.82 Å². The van der Waals surface area contributed by atoms with Gasteiger partial charge in [-0.05, 0) is 48.7 Å². The van der Waals surface area contributed by atoms with Crippen molar-refractivity contribution in [2.45, 2.75) is 18.9 Å². The quantitative estimate of drug-likeness (QED) is 0.534. The molecule has 1 saturated carbocycles. The van der Waals surface area contributed by atoms with Gasteiger partial charge >= 0.3 is 5.97 Å². The van der Waals surface area contributed by atoms with Crippen molar-refractivity contribution in [3.63, 3.8) is 0 Å². The zero-order chi connectivity index (χ0) is 20.8. The molecule has 0 atom stereocenters. The summed E-state index contributed by atoms with van der Waals surface area (Å²) in [5.74, 6) is -2.15. The van der Waals surface area contributed by atoms with Crippen LogP contribution in [0.3, 0.4) is 0 Å². The monoisotopic (exact) mass is 416 g/mol. The van der Waals surface area contributed by atoms with Gasteiger partial charge in [0.25, 0.3) is 11.8 Å². The zero-order valence-corrected chi connectivity index (χ0v) is 16.0. The average molecular weight is 417 g/mol. The van der Waals surface area contributed by atoms with E-state index in [9.17, 15) is 18.8 Å². The van der Waals surface area contributed by atoms with Gasteiger partial charge in [-0.1, -0.05) is 29.8 Å². The molecule has 0 saturated heterocycles. The Morgan fingerprint density at radius 2 is 1.93 bits per heavy atom. The van der Waals surface area contributed by atoms with Crippen LogP contribution >= 0.6 is 11.6 Å². The van der Waals surface area contributed by atoms with E-state index in [1.54, 1.807) is 24.3 Å². The second kappa shape index (κ2) is 9.34. The van der Waals surface area contributed by atoms with Gasteiger partial charge in [-0.25, -0.2) is 9.18 Å². The van der Waals surface area contributed by atoms with E-state index in [4.69, 9.17) is 16.3 Å². The van der Waals surface area contributed by atoms with Gasteiger partial charge in [0.05, 0.1) is 16.3 Å². The lowest BCUT2D eigenvalue weighted by molar-refractivity contribution is -0.142. The van der Waals surface area contributed by atoms with Gasteiger partial charge < -0.3 is 15.4 Å². The van der Waals surface area contributed by atoms with Crippen LogP contribution in [-0.4, -0.2) is 30.4 Å². The summed E-state index contributed by atoms with van der Waals surface area (Å²) in [6, 6.07) is 10.8. The van der Waals surface area contributed by atoms with Crippen molar-refractivity contribution in [2.24, 2.45) is 0 Å². The number of ether oxygens (including phenoxy) is 1. The Bertz CT molecular complexity index is 973. The van der Waals surface area contributed by atoms with Crippen LogP contribution in [0.1, 0.15) is 28.8 Å². The standard InChI is InChI=1S/C21H18ClFN2O4/c22-16-11-13(5-9-17(16)23)6-10-20(27)29-12-19(26)25-18-4-2-1-3-15(18)21(28)24-14-7-8-14/h1-6,9-11,14H,7-8,12H2,(H,24,28)(H,25,26)/b10-6+. The minimum Gasteiger partial charge on any atom is -0.452 e. The van der Waals surface area contributed by atoms with Gasteiger partial charge in [-0.2, -0.15) is 0 Å².